The predicted molar refractivity (Wildman–Crippen MR) is 105 cm³/mol. The zero-order valence-corrected chi connectivity index (χ0v) is 16.0. The van der Waals surface area contributed by atoms with Crippen LogP contribution in [0.2, 0.25) is 0 Å². The predicted octanol–water partition coefficient (Wildman–Crippen LogP) is 4.36. The average molecular weight is 353 g/mol. The Morgan fingerprint density at radius 2 is 1.88 bits per heavy atom. The number of nitrogens with zero attached hydrogens (tertiary/aromatic N) is 1. The minimum Gasteiger partial charge on any atom is -0.370 e. The van der Waals surface area contributed by atoms with Crippen LogP contribution in [0.15, 0.2) is 48.7 Å². The lowest BCUT2D eigenvalue weighted by Gasteiger charge is -2.28. The van der Waals surface area contributed by atoms with Crippen LogP contribution in [0, 0.1) is 0 Å². The standard InChI is InChI=1S/C19H33ClN4/c1-6-8-10-13-24(14-11-9-12-15(3)4)16(5)17-18(21-7-2)23-19(20)22-17/h7,19,21-23H,2-3,5-6,8-14H2,1,4H3. The molecular formula is C19H33ClN4. The molecule has 0 aliphatic carbocycles. The number of rotatable bonds is 13. The van der Waals surface area contributed by atoms with Gasteiger partial charge in [0.2, 0.25) is 0 Å². The monoisotopic (exact) mass is 352 g/mol. The molecule has 136 valence electrons. The smallest absolute Gasteiger partial charge is 0.176 e. The van der Waals surface area contributed by atoms with E-state index >= 15 is 0 Å². The summed E-state index contributed by atoms with van der Waals surface area (Å²) < 4.78 is 0. The summed E-state index contributed by atoms with van der Waals surface area (Å²) in [5.41, 5.74) is 2.81. The second-order valence-corrected chi connectivity index (χ2v) is 6.74. The van der Waals surface area contributed by atoms with E-state index in [-0.39, 0.29) is 5.62 Å². The van der Waals surface area contributed by atoms with Crippen LogP contribution in [0.1, 0.15) is 52.4 Å². The SMILES string of the molecule is C=CNC1=C(C(=C)N(CCCCC)CCCCC(=C)C)NC(Cl)N1. The van der Waals surface area contributed by atoms with Crippen molar-refractivity contribution in [2.24, 2.45) is 0 Å². The van der Waals surface area contributed by atoms with E-state index in [1.54, 1.807) is 6.20 Å². The molecule has 1 aliphatic rings. The Balaban J connectivity index is 2.71. The fraction of sp³-hybridized carbons (Fsp3) is 0.579. The highest BCUT2D eigenvalue weighted by Crippen LogP contribution is 2.20. The Kier molecular flexibility index (Phi) is 9.46. The van der Waals surface area contributed by atoms with Gasteiger partial charge >= 0.3 is 0 Å². The van der Waals surface area contributed by atoms with Gasteiger partial charge in [0, 0.05) is 13.1 Å². The summed E-state index contributed by atoms with van der Waals surface area (Å²) in [6.07, 6.45) is 8.64. The van der Waals surface area contributed by atoms with E-state index in [9.17, 15) is 0 Å². The van der Waals surface area contributed by atoms with Crippen LogP contribution < -0.4 is 16.0 Å². The van der Waals surface area contributed by atoms with Gasteiger partial charge in [-0.3, -0.25) is 0 Å². The molecule has 5 heteroatoms. The molecule has 1 unspecified atom stereocenters. The van der Waals surface area contributed by atoms with Crippen LogP contribution >= 0.6 is 11.6 Å². The van der Waals surface area contributed by atoms with E-state index in [4.69, 9.17) is 11.6 Å². The summed E-state index contributed by atoms with van der Waals surface area (Å²) in [7, 11) is 0. The molecule has 3 N–H and O–H groups in total. The lowest BCUT2D eigenvalue weighted by atomic mass is 10.1. The van der Waals surface area contributed by atoms with Crippen LogP contribution in [0.25, 0.3) is 0 Å². The first-order valence-corrected chi connectivity index (χ1v) is 9.30. The Labute approximate surface area is 152 Å². The first-order chi connectivity index (χ1) is 11.5. The summed E-state index contributed by atoms with van der Waals surface area (Å²) in [6.45, 7) is 18.3. The molecule has 1 rings (SSSR count). The number of hydrogen-bond acceptors (Lipinski definition) is 4. The van der Waals surface area contributed by atoms with Crippen LogP contribution in [-0.2, 0) is 0 Å². The molecule has 0 aromatic heterocycles. The molecular weight excluding hydrogens is 320 g/mol. The minimum atomic E-state index is -0.333. The average Bonchev–Trinajstić information content (AvgIpc) is 2.90. The molecule has 4 nitrogen and oxygen atoms in total. The molecule has 0 aromatic carbocycles. The normalized spacial score (nSPS) is 16.4. The van der Waals surface area contributed by atoms with Crippen molar-refractivity contribution < 1.29 is 0 Å². The minimum absolute atomic E-state index is 0.333. The maximum atomic E-state index is 6.17. The van der Waals surface area contributed by atoms with Crippen molar-refractivity contribution >= 4 is 11.6 Å². The van der Waals surface area contributed by atoms with Gasteiger partial charge in [-0.1, -0.05) is 50.1 Å². The van der Waals surface area contributed by atoms with Crippen molar-refractivity contribution in [2.75, 3.05) is 13.1 Å². The third kappa shape index (κ3) is 6.91. The fourth-order valence-electron chi connectivity index (χ4n) is 2.70. The molecule has 0 radical (unpaired) electrons. The summed E-state index contributed by atoms with van der Waals surface area (Å²) >= 11 is 6.17. The molecule has 0 fully saturated rings. The van der Waals surface area contributed by atoms with E-state index < -0.39 is 0 Å². The number of alkyl halides is 1. The Hall–Kier alpha value is -1.55. The van der Waals surface area contributed by atoms with Crippen molar-refractivity contribution in [2.45, 2.75) is 58.0 Å². The molecule has 0 saturated heterocycles. The summed E-state index contributed by atoms with van der Waals surface area (Å²) in [4.78, 5) is 2.36. The van der Waals surface area contributed by atoms with Crippen molar-refractivity contribution in [1.29, 1.82) is 0 Å². The van der Waals surface area contributed by atoms with Crippen molar-refractivity contribution in [3.05, 3.63) is 48.7 Å². The number of allylic oxidation sites excluding steroid dienone is 1. The second-order valence-electron chi connectivity index (χ2n) is 6.30. The van der Waals surface area contributed by atoms with Gasteiger partial charge in [-0.25, -0.2) is 0 Å². The molecule has 1 heterocycles. The third-order valence-corrected chi connectivity index (χ3v) is 4.24. The van der Waals surface area contributed by atoms with Crippen LogP contribution in [-0.4, -0.2) is 23.6 Å². The van der Waals surface area contributed by atoms with Gasteiger partial charge in [0.25, 0.3) is 0 Å². The number of halogens is 1. The van der Waals surface area contributed by atoms with Gasteiger partial charge in [-0.05, 0) is 38.8 Å². The van der Waals surface area contributed by atoms with E-state index in [0.29, 0.717) is 0 Å². The van der Waals surface area contributed by atoms with E-state index in [2.05, 4.69) is 54.4 Å². The Bertz CT molecular complexity index is 470. The molecule has 0 spiro atoms. The van der Waals surface area contributed by atoms with Crippen LogP contribution in [0.5, 0.6) is 0 Å². The maximum absolute atomic E-state index is 6.17. The van der Waals surface area contributed by atoms with Gasteiger partial charge in [0.1, 0.15) is 11.5 Å². The molecule has 0 saturated carbocycles. The third-order valence-electron chi connectivity index (χ3n) is 4.02. The molecule has 24 heavy (non-hydrogen) atoms. The summed E-state index contributed by atoms with van der Waals surface area (Å²) in [5, 5.41) is 9.48. The Morgan fingerprint density at radius 3 is 2.46 bits per heavy atom. The number of hydrogen-bond donors (Lipinski definition) is 3. The highest BCUT2D eigenvalue weighted by Gasteiger charge is 2.24. The first kappa shape index (κ1) is 20.5. The van der Waals surface area contributed by atoms with Crippen molar-refractivity contribution in [3.8, 4) is 0 Å². The molecule has 1 aliphatic heterocycles. The zero-order chi connectivity index (χ0) is 17.9. The second kappa shape index (κ2) is 11.1. The van der Waals surface area contributed by atoms with Crippen molar-refractivity contribution in [1.82, 2.24) is 20.9 Å². The first-order valence-electron chi connectivity index (χ1n) is 8.87. The van der Waals surface area contributed by atoms with Crippen LogP contribution in [0.3, 0.4) is 0 Å². The van der Waals surface area contributed by atoms with E-state index in [1.807, 2.05) is 0 Å². The molecule has 1 atom stereocenters. The summed E-state index contributed by atoms with van der Waals surface area (Å²) in [5.74, 6) is 0.831. The molecule has 0 amide bonds. The largest absolute Gasteiger partial charge is 0.370 e. The van der Waals surface area contributed by atoms with Gasteiger partial charge in [0.05, 0.1) is 5.70 Å². The van der Waals surface area contributed by atoms with E-state index in [1.165, 1.54) is 24.8 Å². The van der Waals surface area contributed by atoms with Gasteiger partial charge in [-0.2, -0.15) is 0 Å². The quantitative estimate of drug-likeness (QED) is 0.199. The van der Waals surface area contributed by atoms with E-state index in [0.717, 1.165) is 49.6 Å². The van der Waals surface area contributed by atoms with Gasteiger partial charge in [0.15, 0.2) is 5.62 Å². The summed E-state index contributed by atoms with van der Waals surface area (Å²) in [6, 6.07) is 0. The number of nitrogens with one attached hydrogen (secondary N) is 3. The maximum Gasteiger partial charge on any atom is 0.176 e. The molecule has 0 aromatic rings. The Morgan fingerprint density at radius 1 is 1.21 bits per heavy atom. The van der Waals surface area contributed by atoms with Crippen molar-refractivity contribution in [3.63, 3.8) is 0 Å². The fourth-order valence-corrected chi connectivity index (χ4v) is 2.92. The lowest BCUT2D eigenvalue weighted by molar-refractivity contribution is 0.330. The van der Waals surface area contributed by atoms with Gasteiger partial charge < -0.3 is 20.9 Å². The lowest BCUT2D eigenvalue weighted by Crippen LogP contribution is -2.31. The van der Waals surface area contributed by atoms with Gasteiger partial charge in [-0.15, -0.1) is 6.58 Å². The number of unbranched alkanes of at least 4 members (excludes halogenated alkanes) is 3. The highest BCUT2D eigenvalue weighted by atomic mass is 35.5. The molecule has 0 bridgehead atoms. The topological polar surface area (TPSA) is 39.3 Å². The zero-order valence-electron chi connectivity index (χ0n) is 15.3. The van der Waals surface area contributed by atoms with Crippen LogP contribution in [0.4, 0.5) is 0 Å². The highest BCUT2D eigenvalue weighted by molar-refractivity contribution is 6.20.